The van der Waals surface area contributed by atoms with Crippen molar-refractivity contribution < 1.29 is 14.7 Å². The molecule has 2 aromatic rings. The van der Waals surface area contributed by atoms with Crippen LogP contribution in [0.5, 0.6) is 0 Å². The standard InChI is InChI=1S/C16H18N2O3/c19-15(17-13-3-1-2-4-13)10-18-8-7-11-9-12(16(20)21)5-6-14(11)18/h5-9,13H,1-4,10H2,(H,17,19)(H,20,21). The summed E-state index contributed by atoms with van der Waals surface area (Å²) in [7, 11) is 0. The highest BCUT2D eigenvalue weighted by Gasteiger charge is 2.17. The Kier molecular flexibility index (Phi) is 3.64. The van der Waals surface area contributed by atoms with Crippen LogP contribution in [0.4, 0.5) is 0 Å². The van der Waals surface area contributed by atoms with Crippen molar-refractivity contribution in [1.82, 2.24) is 9.88 Å². The Morgan fingerprint density at radius 3 is 2.71 bits per heavy atom. The summed E-state index contributed by atoms with van der Waals surface area (Å²) in [6, 6.07) is 7.10. The van der Waals surface area contributed by atoms with Crippen molar-refractivity contribution in [3.8, 4) is 0 Å². The first-order valence-corrected chi connectivity index (χ1v) is 7.25. The second-order valence-electron chi connectivity index (χ2n) is 5.57. The molecule has 1 aromatic heterocycles. The van der Waals surface area contributed by atoms with E-state index in [1.54, 1.807) is 18.2 Å². The number of carbonyl (C=O) groups excluding carboxylic acids is 1. The minimum absolute atomic E-state index is 0.0155. The third-order valence-corrected chi connectivity index (χ3v) is 4.05. The second kappa shape index (κ2) is 5.60. The first-order valence-electron chi connectivity index (χ1n) is 7.25. The lowest BCUT2D eigenvalue weighted by Crippen LogP contribution is -2.35. The number of carboxylic acids is 1. The molecule has 1 aliphatic rings. The zero-order valence-corrected chi connectivity index (χ0v) is 11.7. The Bertz CT molecular complexity index is 684. The summed E-state index contributed by atoms with van der Waals surface area (Å²) in [4.78, 5) is 23.0. The topological polar surface area (TPSA) is 71.3 Å². The molecule has 0 spiro atoms. The average molecular weight is 286 g/mol. The van der Waals surface area contributed by atoms with Crippen molar-refractivity contribution in [2.24, 2.45) is 0 Å². The molecule has 0 bridgehead atoms. The Balaban J connectivity index is 1.74. The van der Waals surface area contributed by atoms with Crippen LogP contribution in [-0.4, -0.2) is 27.6 Å². The molecule has 1 aromatic carbocycles. The maximum atomic E-state index is 12.1. The monoisotopic (exact) mass is 286 g/mol. The molecule has 0 saturated heterocycles. The number of aromatic nitrogens is 1. The fourth-order valence-electron chi connectivity index (χ4n) is 2.97. The molecule has 0 atom stereocenters. The van der Waals surface area contributed by atoms with Crippen molar-refractivity contribution in [2.75, 3.05) is 0 Å². The van der Waals surface area contributed by atoms with E-state index in [0.29, 0.717) is 6.04 Å². The van der Waals surface area contributed by atoms with Crippen LogP contribution in [0.1, 0.15) is 36.0 Å². The van der Waals surface area contributed by atoms with Gasteiger partial charge in [0.2, 0.25) is 5.91 Å². The molecule has 110 valence electrons. The van der Waals surface area contributed by atoms with Crippen molar-refractivity contribution >= 4 is 22.8 Å². The zero-order valence-electron chi connectivity index (χ0n) is 11.7. The lowest BCUT2D eigenvalue weighted by atomic mass is 10.1. The summed E-state index contributed by atoms with van der Waals surface area (Å²) in [5.74, 6) is -0.926. The largest absolute Gasteiger partial charge is 0.478 e. The van der Waals surface area contributed by atoms with Gasteiger partial charge in [-0.05, 0) is 37.1 Å². The van der Waals surface area contributed by atoms with Crippen LogP contribution in [-0.2, 0) is 11.3 Å². The molecule has 2 N–H and O–H groups in total. The molecular formula is C16H18N2O3. The summed E-state index contributed by atoms with van der Waals surface area (Å²) in [6.07, 6.45) is 6.34. The third kappa shape index (κ3) is 2.91. The Morgan fingerprint density at radius 1 is 1.24 bits per heavy atom. The van der Waals surface area contributed by atoms with Crippen LogP contribution in [0.25, 0.3) is 10.9 Å². The quantitative estimate of drug-likeness (QED) is 0.906. The van der Waals surface area contributed by atoms with Crippen LogP contribution in [0.2, 0.25) is 0 Å². The number of rotatable bonds is 4. The lowest BCUT2D eigenvalue weighted by molar-refractivity contribution is -0.122. The number of carboxylic acid groups (broad SMARTS) is 1. The molecule has 0 unspecified atom stereocenters. The van der Waals surface area contributed by atoms with Gasteiger partial charge in [-0.25, -0.2) is 4.79 Å². The SMILES string of the molecule is O=C(Cn1ccc2cc(C(=O)O)ccc21)NC1CCCC1. The second-order valence-corrected chi connectivity index (χ2v) is 5.57. The van der Waals surface area contributed by atoms with Gasteiger partial charge in [0.05, 0.1) is 5.56 Å². The van der Waals surface area contributed by atoms with Gasteiger partial charge in [-0.1, -0.05) is 12.8 Å². The summed E-state index contributed by atoms with van der Waals surface area (Å²) in [6.45, 7) is 0.270. The molecule has 21 heavy (non-hydrogen) atoms. The predicted octanol–water partition coefficient (Wildman–Crippen LogP) is 2.40. The Labute approximate surface area is 122 Å². The number of aromatic carboxylic acids is 1. The van der Waals surface area contributed by atoms with Gasteiger partial charge >= 0.3 is 5.97 Å². The summed E-state index contributed by atoms with van der Waals surface area (Å²) >= 11 is 0. The van der Waals surface area contributed by atoms with Crippen molar-refractivity contribution in [1.29, 1.82) is 0 Å². The lowest BCUT2D eigenvalue weighted by Gasteiger charge is -2.12. The van der Waals surface area contributed by atoms with Crippen LogP contribution in [0.15, 0.2) is 30.5 Å². The highest BCUT2D eigenvalue weighted by Crippen LogP contribution is 2.19. The van der Waals surface area contributed by atoms with Gasteiger partial charge in [0.25, 0.3) is 0 Å². The van der Waals surface area contributed by atoms with Crippen LogP contribution >= 0.6 is 0 Å². The molecule has 5 heteroatoms. The summed E-state index contributed by atoms with van der Waals surface area (Å²) in [5.41, 5.74) is 1.14. The van der Waals surface area contributed by atoms with E-state index in [-0.39, 0.29) is 18.0 Å². The number of nitrogens with one attached hydrogen (secondary N) is 1. The van der Waals surface area contributed by atoms with Gasteiger partial charge < -0.3 is 15.0 Å². The Morgan fingerprint density at radius 2 is 2.00 bits per heavy atom. The molecule has 1 fully saturated rings. The van der Waals surface area contributed by atoms with E-state index in [4.69, 9.17) is 5.11 Å². The summed E-state index contributed by atoms with van der Waals surface area (Å²) in [5, 5.41) is 12.9. The number of carbonyl (C=O) groups is 2. The normalized spacial score (nSPS) is 15.4. The number of hydrogen-bond acceptors (Lipinski definition) is 2. The van der Waals surface area contributed by atoms with Crippen molar-refractivity contribution in [3.05, 3.63) is 36.0 Å². The number of hydrogen-bond donors (Lipinski definition) is 2. The van der Waals surface area contributed by atoms with Gasteiger partial charge in [0.15, 0.2) is 0 Å². The first kappa shape index (κ1) is 13.7. The average Bonchev–Trinajstić information content (AvgIpc) is 3.08. The van der Waals surface area contributed by atoms with E-state index < -0.39 is 5.97 Å². The Hall–Kier alpha value is -2.30. The first-order chi connectivity index (χ1) is 10.1. The fraction of sp³-hybridized carbons (Fsp3) is 0.375. The van der Waals surface area contributed by atoms with Gasteiger partial charge in [-0.2, -0.15) is 0 Å². The van der Waals surface area contributed by atoms with Crippen molar-refractivity contribution in [2.45, 2.75) is 38.3 Å². The third-order valence-electron chi connectivity index (χ3n) is 4.05. The van der Waals surface area contributed by atoms with E-state index in [1.165, 1.54) is 12.8 Å². The molecule has 0 aliphatic heterocycles. The highest BCUT2D eigenvalue weighted by molar-refractivity contribution is 5.94. The molecule has 1 aliphatic carbocycles. The minimum Gasteiger partial charge on any atom is -0.478 e. The molecule has 1 heterocycles. The number of amides is 1. The van der Waals surface area contributed by atoms with Crippen molar-refractivity contribution in [3.63, 3.8) is 0 Å². The molecular weight excluding hydrogens is 268 g/mol. The van der Waals surface area contributed by atoms with Gasteiger partial charge in [-0.3, -0.25) is 4.79 Å². The molecule has 5 nitrogen and oxygen atoms in total. The minimum atomic E-state index is -0.941. The van der Waals surface area contributed by atoms with Crippen LogP contribution < -0.4 is 5.32 Å². The van der Waals surface area contributed by atoms with E-state index >= 15 is 0 Å². The van der Waals surface area contributed by atoms with Gasteiger partial charge in [0, 0.05) is 23.1 Å². The van der Waals surface area contributed by atoms with E-state index in [2.05, 4.69) is 5.32 Å². The molecule has 3 rings (SSSR count). The van der Waals surface area contributed by atoms with Crippen LogP contribution in [0.3, 0.4) is 0 Å². The maximum Gasteiger partial charge on any atom is 0.335 e. The predicted molar refractivity (Wildman–Crippen MR) is 79.3 cm³/mol. The zero-order chi connectivity index (χ0) is 14.8. The van der Waals surface area contributed by atoms with E-state index in [9.17, 15) is 9.59 Å². The van der Waals surface area contributed by atoms with Gasteiger partial charge in [-0.15, -0.1) is 0 Å². The highest BCUT2D eigenvalue weighted by atomic mass is 16.4. The number of fused-ring (bicyclic) bond motifs is 1. The van der Waals surface area contributed by atoms with Gasteiger partial charge in [0.1, 0.15) is 6.54 Å². The maximum absolute atomic E-state index is 12.1. The van der Waals surface area contributed by atoms with E-state index in [1.807, 2.05) is 16.8 Å². The number of benzene rings is 1. The molecule has 1 saturated carbocycles. The number of nitrogens with zero attached hydrogens (tertiary/aromatic N) is 1. The summed E-state index contributed by atoms with van der Waals surface area (Å²) < 4.78 is 1.85. The van der Waals surface area contributed by atoms with E-state index in [0.717, 1.165) is 23.7 Å². The van der Waals surface area contributed by atoms with Crippen LogP contribution in [0, 0.1) is 0 Å². The fourth-order valence-corrected chi connectivity index (χ4v) is 2.97. The molecule has 1 amide bonds. The molecule has 0 radical (unpaired) electrons. The smallest absolute Gasteiger partial charge is 0.335 e.